The third-order valence-electron chi connectivity index (χ3n) is 6.30. The van der Waals surface area contributed by atoms with E-state index in [1.54, 1.807) is 6.33 Å². The Kier molecular flexibility index (Phi) is 11.1. The summed E-state index contributed by atoms with van der Waals surface area (Å²) >= 11 is 12.9. The molecular weight excluding hydrogens is 525 g/mol. The predicted octanol–water partition coefficient (Wildman–Crippen LogP) is 4.45. The van der Waals surface area contributed by atoms with E-state index in [1.807, 2.05) is 18.2 Å². The highest BCUT2D eigenvalue weighted by Gasteiger charge is 2.27. The minimum Gasteiger partial charge on any atom is -0.378 e. The van der Waals surface area contributed by atoms with E-state index < -0.39 is 0 Å². The van der Waals surface area contributed by atoms with Gasteiger partial charge in [0, 0.05) is 53.8 Å². The number of halogens is 2. The van der Waals surface area contributed by atoms with Crippen LogP contribution >= 0.6 is 23.2 Å². The molecule has 1 aliphatic heterocycles. The van der Waals surface area contributed by atoms with Gasteiger partial charge < -0.3 is 30.2 Å². The lowest BCUT2D eigenvalue weighted by molar-refractivity contribution is 0.0179. The maximum Gasteiger partial charge on any atom is 0.130 e. The average molecular weight is 561 g/mol. The zero-order chi connectivity index (χ0) is 26.7. The summed E-state index contributed by atoms with van der Waals surface area (Å²) in [5.74, 6) is 0.914. The number of likely N-dealkylation sites (N-methyl/N-ethyl adjacent to an activating group) is 1. The van der Waals surface area contributed by atoms with Crippen molar-refractivity contribution >= 4 is 29.0 Å². The number of rotatable bonds is 14. The van der Waals surface area contributed by atoms with Crippen molar-refractivity contribution in [3.8, 4) is 11.3 Å². The molecule has 0 saturated carbocycles. The summed E-state index contributed by atoms with van der Waals surface area (Å²) in [7, 11) is 2.11. The zero-order valence-electron chi connectivity index (χ0n) is 21.7. The van der Waals surface area contributed by atoms with Crippen molar-refractivity contribution < 1.29 is 14.2 Å². The first-order valence-corrected chi connectivity index (χ1v) is 13.6. The van der Waals surface area contributed by atoms with Gasteiger partial charge >= 0.3 is 0 Å². The molecule has 0 spiro atoms. The Morgan fingerprint density at radius 2 is 1.74 bits per heavy atom. The largest absolute Gasteiger partial charge is 0.378 e. The predicted molar refractivity (Wildman–Crippen MR) is 152 cm³/mol. The van der Waals surface area contributed by atoms with Crippen LogP contribution in [0.1, 0.15) is 22.6 Å². The van der Waals surface area contributed by atoms with E-state index in [0.29, 0.717) is 57.8 Å². The quantitative estimate of drug-likeness (QED) is 0.280. The van der Waals surface area contributed by atoms with Gasteiger partial charge in [0.25, 0.3) is 0 Å². The lowest BCUT2D eigenvalue weighted by atomic mass is 9.84. The Morgan fingerprint density at radius 1 is 0.974 bits per heavy atom. The molecule has 38 heavy (non-hydrogen) atoms. The van der Waals surface area contributed by atoms with E-state index in [2.05, 4.69) is 51.5 Å². The second-order valence-electron chi connectivity index (χ2n) is 9.17. The van der Waals surface area contributed by atoms with Crippen molar-refractivity contribution in [2.24, 2.45) is 5.73 Å². The van der Waals surface area contributed by atoms with Crippen LogP contribution in [0.3, 0.4) is 0 Å². The number of hydrogen-bond donors (Lipinski definition) is 2. The third-order valence-corrected chi connectivity index (χ3v) is 6.86. The first-order valence-electron chi connectivity index (χ1n) is 12.8. The lowest BCUT2D eigenvalue weighted by Crippen LogP contribution is -2.31. The molecule has 1 atom stereocenters. The van der Waals surface area contributed by atoms with Gasteiger partial charge in [0.15, 0.2) is 0 Å². The van der Waals surface area contributed by atoms with Crippen molar-refractivity contribution in [1.82, 2.24) is 14.9 Å². The molecule has 0 unspecified atom stereocenters. The van der Waals surface area contributed by atoms with Gasteiger partial charge in [-0.2, -0.15) is 0 Å². The Hall–Kier alpha value is -2.30. The number of nitrogens with zero attached hydrogens (tertiary/aromatic N) is 3. The highest BCUT2D eigenvalue weighted by molar-refractivity contribution is 6.35. The molecule has 0 bridgehead atoms. The molecule has 3 aromatic rings. The molecule has 0 saturated heterocycles. The molecule has 0 amide bonds. The molecular formula is C28H35Cl2N5O3. The molecule has 204 valence electrons. The zero-order valence-corrected chi connectivity index (χ0v) is 23.2. The van der Waals surface area contributed by atoms with Crippen molar-refractivity contribution in [3.63, 3.8) is 0 Å². The first-order chi connectivity index (χ1) is 18.5. The smallest absolute Gasteiger partial charge is 0.130 e. The van der Waals surface area contributed by atoms with Gasteiger partial charge in [-0.1, -0.05) is 41.4 Å². The van der Waals surface area contributed by atoms with Gasteiger partial charge in [-0.15, -0.1) is 0 Å². The number of nitrogens with two attached hydrogens (primary N) is 1. The van der Waals surface area contributed by atoms with E-state index in [-0.39, 0.29) is 5.92 Å². The highest BCUT2D eigenvalue weighted by Crippen LogP contribution is 2.39. The number of hydrogen-bond acceptors (Lipinski definition) is 8. The Morgan fingerprint density at radius 3 is 2.53 bits per heavy atom. The van der Waals surface area contributed by atoms with E-state index in [9.17, 15) is 0 Å². The summed E-state index contributed by atoms with van der Waals surface area (Å²) in [4.78, 5) is 11.2. The minimum atomic E-state index is 0.166. The molecule has 3 N–H and O–H groups in total. The second kappa shape index (κ2) is 14.7. The normalized spacial score (nSPS) is 15.4. The number of ether oxygens (including phenoxy) is 3. The van der Waals surface area contributed by atoms with Gasteiger partial charge in [-0.25, -0.2) is 9.97 Å². The van der Waals surface area contributed by atoms with Crippen LogP contribution < -0.4 is 11.1 Å². The van der Waals surface area contributed by atoms with E-state index in [4.69, 9.17) is 43.1 Å². The van der Waals surface area contributed by atoms with Crippen molar-refractivity contribution in [3.05, 3.63) is 75.5 Å². The summed E-state index contributed by atoms with van der Waals surface area (Å²) in [6.07, 6.45) is 1.58. The first kappa shape index (κ1) is 28.7. The van der Waals surface area contributed by atoms with Crippen LogP contribution in [-0.4, -0.2) is 81.2 Å². The summed E-state index contributed by atoms with van der Waals surface area (Å²) in [5.41, 5.74) is 10.8. The summed E-state index contributed by atoms with van der Waals surface area (Å²) in [6, 6.07) is 14.3. The van der Waals surface area contributed by atoms with Crippen LogP contribution in [0, 0.1) is 0 Å². The van der Waals surface area contributed by atoms with Crippen LogP contribution in [0.25, 0.3) is 11.3 Å². The highest BCUT2D eigenvalue weighted by atomic mass is 35.5. The third kappa shape index (κ3) is 8.10. The van der Waals surface area contributed by atoms with Gasteiger partial charge in [-0.3, -0.25) is 0 Å². The Bertz CT molecular complexity index is 1180. The maximum absolute atomic E-state index is 6.56. The van der Waals surface area contributed by atoms with Crippen molar-refractivity contribution in [1.29, 1.82) is 0 Å². The number of nitrogens with one attached hydrogen (secondary N) is 1. The van der Waals surface area contributed by atoms with Crippen LogP contribution in [0.15, 0.2) is 48.8 Å². The second-order valence-corrected chi connectivity index (χ2v) is 10.0. The Balaban J connectivity index is 1.33. The molecule has 1 aliphatic rings. The molecule has 0 fully saturated rings. The lowest BCUT2D eigenvalue weighted by Gasteiger charge is -2.33. The van der Waals surface area contributed by atoms with Crippen LogP contribution in [0.5, 0.6) is 0 Å². The number of fused-ring (bicyclic) bond motifs is 1. The molecule has 0 aliphatic carbocycles. The van der Waals surface area contributed by atoms with Gasteiger partial charge in [-0.05, 0) is 41.9 Å². The van der Waals surface area contributed by atoms with Gasteiger partial charge in [0.05, 0.1) is 45.3 Å². The molecule has 4 rings (SSSR count). The van der Waals surface area contributed by atoms with Gasteiger partial charge in [0.2, 0.25) is 0 Å². The van der Waals surface area contributed by atoms with Crippen molar-refractivity contribution in [2.75, 3.05) is 71.6 Å². The SMILES string of the molecule is CN1Cc2c(Cl)cc(Cl)cc2[C@H](c2cccc(-c3cc(NCCOCCOCCOCCN)ncn3)c2)C1. The fraction of sp³-hybridized carbons (Fsp3) is 0.429. The number of aromatic nitrogens is 2. The monoisotopic (exact) mass is 559 g/mol. The average Bonchev–Trinajstić information content (AvgIpc) is 2.92. The van der Waals surface area contributed by atoms with Crippen LogP contribution in [-0.2, 0) is 20.8 Å². The van der Waals surface area contributed by atoms with Gasteiger partial charge in [0.1, 0.15) is 12.1 Å². The molecule has 1 aromatic heterocycles. The summed E-state index contributed by atoms with van der Waals surface area (Å²) < 4.78 is 16.3. The Labute approximate surface area is 234 Å². The molecule has 2 heterocycles. The van der Waals surface area contributed by atoms with Crippen molar-refractivity contribution in [2.45, 2.75) is 12.5 Å². The number of anilines is 1. The van der Waals surface area contributed by atoms with E-state index in [0.717, 1.165) is 40.8 Å². The van der Waals surface area contributed by atoms with E-state index >= 15 is 0 Å². The standard InChI is InChI=1S/C28H35Cl2N5O3/c1-35-17-24(23-14-22(29)15-26(30)25(23)18-35)20-3-2-4-21(13-20)27-16-28(34-19-33-27)32-6-8-37-10-12-38-11-9-36-7-5-31/h2-4,13-16,19,24H,5-12,17-18,31H2,1H3,(H,32,33,34)/t24-/m0/s1. The molecule has 10 heteroatoms. The fourth-order valence-electron chi connectivity index (χ4n) is 4.53. The maximum atomic E-state index is 6.56. The van der Waals surface area contributed by atoms with Crippen LogP contribution in [0.4, 0.5) is 5.82 Å². The summed E-state index contributed by atoms with van der Waals surface area (Å²) in [6.45, 7) is 6.08. The van der Waals surface area contributed by atoms with E-state index in [1.165, 1.54) is 11.1 Å². The fourth-order valence-corrected chi connectivity index (χ4v) is 5.10. The topological polar surface area (TPSA) is 94.8 Å². The minimum absolute atomic E-state index is 0.166. The van der Waals surface area contributed by atoms with Crippen LogP contribution in [0.2, 0.25) is 10.0 Å². The summed E-state index contributed by atoms with van der Waals surface area (Å²) in [5, 5.41) is 4.69. The molecule has 2 aromatic carbocycles. The number of benzene rings is 2. The molecule has 8 nitrogen and oxygen atoms in total. The molecule has 0 radical (unpaired) electrons.